The van der Waals surface area contributed by atoms with Gasteiger partial charge in [-0.1, -0.05) is 18.2 Å². The number of hydrogen-bond acceptors (Lipinski definition) is 2. The Morgan fingerprint density at radius 3 is 1.58 bits per heavy atom. The summed E-state index contributed by atoms with van der Waals surface area (Å²) in [4.78, 5) is 0. The van der Waals surface area contributed by atoms with Gasteiger partial charge in [-0.15, -0.1) is 0 Å². The molecule has 0 saturated carbocycles. The van der Waals surface area contributed by atoms with Crippen LogP contribution in [0, 0.1) is 3.57 Å². The first kappa shape index (κ1) is 11.8. The molecule has 1 aromatic rings. The molecule has 0 aliphatic carbocycles. The molecule has 6 heteroatoms. The molecule has 4 nitrogen and oxygen atoms in total. The molecule has 2 N–H and O–H groups in total. The van der Waals surface area contributed by atoms with E-state index in [1.165, 1.54) is 3.57 Å². The predicted octanol–water partition coefficient (Wildman–Crippen LogP) is 1.64. The van der Waals surface area contributed by atoms with Gasteiger partial charge in [0, 0.05) is 3.57 Å². The molecule has 0 bridgehead atoms. The Balaban J connectivity index is 0.000000217. The van der Waals surface area contributed by atoms with Crippen molar-refractivity contribution in [3.8, 4) is 0 Å². The molecule has 0 aliphatic heterocycles. The highest BCUT2D eigenvalue weighted by Crippen LogP contribution is 1.99. The first-order valence-corrected chi connectivity index (χ1v) is 5.27. The van der Waals surface area contributed by atoms with Crippen LogP contribution < -0.4 is 0 Å². The average molecular weight is 302 g/mol. The van der Waals surface area contributed by atoms with Crippen LogP contribution in [0.5, 0.6) is 0 Å². The molecule has 68 valence electrons. The summed E-state index contributed by atoms with van der Waals surface area (Å²) in [5.74, 6) is 0. The second kappa shape index (κ2) is 5.46. The van der Waals surface area contributed by atoms with Crippen LogP contribution in [0.25, 0.3) is 0 Å². The van der Waals surface area contributed by atoms with Crippen LogP contribution in [0.1, 0.15) is 0 Å². The zero-order valence-electron chi connectivity index (χ0n) is 5.88. The van der Waals surface area contributed by atoms with Crippen LogP contribution in [0.4, 0.5) is 0 Å². The quantitative estimate of drug-likeness (QED) is 0.564. The maximum atomic E-state index is 8.74. The summed E-state index contributed by atoms with van der Waals surface area (Å²) < 4.78 is 32.9. The van der Waals surface area contributed by atoms with Gasteiger partial charge in [-0.2, -0.15) is 8.42 Å². The summed E-state index contributed by atoms with van der Waals surface area (Å²) in [6, 6.07) is 10.2. The van der Waals surface area contributed by atoms with E-state index in [9.17, 15) is 0 Å². The van der Waals surface area contributed by atoms with Crippen molar-refractivity contribution in [1.82, 2.24) is 0 Å². The van der Waals surface area contributed by atoms with Crippen molar-refractivity contribution in [2.24, 2.45) is 0 Å². The molecule has 0 aliphatic rings. The average Bonchev–Trinajstić information content (AvgIpc) is 1.85. The first-order chi connectivity index (χ1) is 5.39. The number of halogens is 1. The fraction of sp³-hybridized carbons (Fsp3) is 0. The van der Waals surface area contributed by atoms with E-state index in [1.54, 1.807) is 0 Å². The summed E-state index contributed by atoms with van der Waals surface area (Å²) in [6.07, 6.45) is 0. The van der Waals surface area contributed by atoms with Gasteiger partial charge < -0.3 is 0 Å². The van der Waals surface area contributed by atoms with E-state index >= 15 is 0 Å². The van der Waals surface area contributed by atoms with E-state index in [1.807, 2.05) is 18.2 Å². The Kier molecular flexibility index (Phi) is 5.38. The largest absolute Gasteiger partial charge is 0.394 e. The van der Waals surface area contributed by atoms with Crippen LogP contribution in [0.2, 0.25) is 0 Å². The van der Waals surface area contributed by atoms with Gasteiger partial charge in [-0.05, 0) is 34.7 Å². The van der Waals surface area contributed by atoms with Crippen molar-refractivity contribution in [2.45, 2.75) is 0 Å². The van der Waals surface area contributed by atoms with Crippen molar-refractivity contribution in [2.75, 3.05) is 0 Å². The number of hydrogen-bond donors (Lipinski definition) is 2. The number of rotatable bonds is 0. The smallest absolute Gasteiger partial charge is 0.264 e. The van der Waals surface area contributed by atoms with Crippen LogP contribution in [0.3, 0.4) is 0 Å². The lowest BCUT2D eigenvalue weighted by atomic mass is 10.4. The zero-order valence-corrected chi connectivity index (χ0v) is 8.86. The molecule has 0 spiro atoms. The number of benzene rings is 1. The Bertz CT molecular complexity index is 300. The van der Waals surface area contributed by atoms with Crippen LogP contribution in [-0.2, 0) is 10.4 Å². The topological polar surface area (TPSA) is 74.6 Å². The van der Waals surface area contributed by atoms with Crippen molar-refractivity contribution >= 4 is 33.0 Å². The molecule has 0 saturated heterocycles. The molecule has 0 aromatic heterocycles. The Labute approximate surface area is 84.3 Å². The van der Waals surface area contributed by atoms with Gasteiger partial charge in [0.25, 0.3) is 0 Å². The van der Waals surface area contributed by atoms with Gasteiger partial charge in [0.15, 0.2) is 0 Å². The van der Waals surface area contributed by atoms with Gasteiger partial charge in [-0.25, -0.2) is 0 Å². The molecule has 0 fully saturated rings. The highest BCUT2D eigenvalue weighted by molar-refractivity contribution is 14.1. The van der Waals surface area contributed by atoms with E-state index < -0.39 is 10.4 Å². The van der Waals surface area contributed by atoms with E-state index in [4.69, 9.17) is 17.5 Å². The lowest BCUT2D eigenvalue weighted by molar-refractivity contribution is 0.381. The van der Waals surface area contributed by atoms with Crippen LogP contribution >= 0.6 is 22.6 Å². The molecule has 0 atom stereocenters. The van der Waals surface area contributed by atoms with E-state index in [-0.39, 0.29) is 0 Å². The van der Waals surface area contributed by atoms with E-state index in [0.29, 0.717) is 0 Å². The standard InChI is InChI=1S/C6H5I.H2O4S/c7-6-4-2-1-3-5-6;1-5(2,3)4/h1-5H;(H2,1,2,3,4). The van der Waals surface area contributed by atoms with Crippen molar-refractivity contribution in [3.63, 3.8) is 0 Å². The minimum Gasteiger partial charge on any atom is -0.264 e. The molecule has 12 heavy (non-hydrogen) atoms. The normalized spacial score (nSPS) is 9.92. The molecule has 0 heterocycles. The third-order valence-electron chi connectivity index (χ3n) is 0.733. The molecule has 1 rings (SSSR count). The molecule has 0 amide bonds. The summed E-state index contributed by atoms with van der Waals surface area (Å²) in [5, 5.41) is 0. The van der Waals surface area contributed by atoms with Gasteiger partial charge in [-0.3, -0.25) is 9.11 Å². The Morgan fingerprint density at radius 1 is 1.08 bits per heavy atom. The van der Waals surface area contributed by atoms with Crippen LogP contribution in [0.15, 0.2) is 30.3 Å². The maximum absolute atomic E-state index is 8.74. The van der Waals surface area contributed by atoms with E-state index in [0.717, 1.165) is 0 Å². The summed E-state index contributed by atoms with van der Waals surface area (Å²) in [5.41, 5.74) is 0. The van der Waals surface area contributed by atoms with E-state index in [2.05, 4.69) is 34.7 Å². The first-order valence-electron chi connectivity index (χ1n) is 2.80. The van der Waals surface area contributed by atoms with Gasteiger partial charge in [0.1, 0.15) is 0 Å². The minimum atomic E-state index is -4.67. The Morgan fingerprint density at radius 2 is 1.42 bits per heavy atom. The lowest BCUT2D eigenvalue weighted by Gasteiger charge is -1.80. The van der Waals surface area contributed by atoms with Crippen molar-refractivity contribution in [3.05, 3.63) is 33.9 Å². The third-order valence-corrected chi connectivity index (χ3v) is 1.45. The second-order valence-corrected chi connectivity index (χ2v) is 3.88. The van der Waals surface area contributed by atoms with Crippen molar-refractivity contribution in [1.29, 1.82) is 0 Å². The Hall–Kier alpha value is -0.180. The summed E-state index contributed by atoms with van der Waals surface area (Å²) in [7, 11) is -4.67. The highest BCUT2D eigenvalue weighted by Gasteiger charge is 1.84. The fourth-order valence-corrected chi connectivity index (χ4v) is 0.830. The fourth-order valence-electron chi connectivity index (χ4n) is 0.415. The SMILES string of the molecule is Ic1ccccc1.O=S(=O)(O)O. The van der Waals surface area contributed by atoms with Gasteiger partial charge >= 0.3 is 10.4 Å². The lowest BCUT2D eigenvalue weighted by Crippen LogP contribution is -1.89. The molecular weight excluding hydrogens is 295 g/mol. The maximum Gasteiger partial charge on any atom is 0.394 e. The summed E-state index contributed by atoms with van der Waals surface area (Å²) >= 11 is 2.28. The molecule has 0 unspecified atom stereocenters. The highest BCUT2D eigenvalue weighted by atomic mass is 127. The third kappa shape index (κ3) is 12.5. The summed E-state index contributed by atoms with van der Waals surface area (Å²) in [6.45, 7) is 0. The van der Waals surface area contributed by atoms with Crippen LogP contribution in [-0.4, -0.2) is 17.5 Å². The second-order valence-electron chi connectivity index (χ2n) is 1.74. The minimum absolute atomic E-state index is 1.29. The predicted molar refractivity (Wildman–Crippen MR) is 53.3 cm³/mol. The van der Waals surface area contributed by atoms with Gasteiger partial charge in [0.05, 0.1) is 0 Å². The molecule has 0 radical (unpaired) electrons. The molecule has 1 aromatic carbocycles. The molecular formula is C6H7IO4S. The van der Waals surface area contributed by atoms with Gasteiger partial charge in [0.2, 0.25) is 0 Å². The monoisotopic (exact) mass is 302 g/mol. The zero-order chi connectivity index (χ0) is 9.61. The van der Waals surface area contributed by atoms with Crippen molar-refractivity contribution < 1.29 is 17.5 Å².